The van der Waals surface area contributed by atoms with Gasteiger partial charge in [0, 0.05) is 16.4 Å². The minimum atomic E-state index is -0.408. The lowest BCUT2D eigenvalue weighted by Gasteiger charge is -2.25. The highest BCUT2D eigenvalue weighted by Crippen LogP contribution is 2.36. The van der Waals surface area contributed by atoms with Crippen molar-refractivity contribution in [2.45, 2.75) is 13.0 Å². The molecule has 0 unspecified atom stereocenters. The number of benzene rings is 1. The first-order chi connectivity index (χ1) is 13.0. The Morgan fingerprint density at radius 2 is 2.11 bits per heavy atom. The molecule has 3 rings (SSSR count). The van der Waals surface area contributed by atoms with Crippen LogP contribution in [0.4, 0.5) is 9.80 Å². The number of carbonyl (C=O) groups is 2. The second kappa shape index (κ2) is 8.29. The van der Waals surface area contributed by atoms with Gasteiger partial charge >= 0.3 is 6.09 Å². The summed E-state index contributed by atoms with van der Waals surface area (Å²) in [6, 6.07) is 8.83. The fraction of sp³-hybridized carbons (Fsp3) is 0.278. The van der Waals surface area contributed by atoms with E-state index >= 15 is 0 Å². The average Bonchev–Trinajstić information content (AvgIpc) is 3.02. The number of methoxy groups -OCH3 is 1. The smallest absolute Gasteiger partial charge is 0.409 e. The lowest BCUT2D eigenvalue weighted by atomic mass is 10.0. The number of thiophene rings is 1. The summed E-state index contributed by atoms with van der Waals surface area (Å²) in [4.78, 5) is 26.3. The number of rotatable bonds is 4. The second-order valence-electron chi connectivity index (χ2n) is 5.75. The summed E-state index contributed by atoms with van der Waals surface area (Å²) in [7, 11) is 1.33. The molecule has 1 aromatic heterocycles. The van der Waals surface area contributed by atoms with E-state index in [1.165, 1.54) is 18.4 Å². The number of nitrogens with zero attached hydrogens (tertiary/aromatic N) is 2. The van der Waals surface area contributed by atoms with E-state index in [4.69, 9.17) is 21.1 Å². The molecule has 1 aliphatic rings. The molecule has 0 fully saturated rings. The van der Waals surface area contributed by atoms with Crippen molar-refractivity contribution in [3.63, 3.8) is 0 Å². The lowest BCUT2D eigenvalue weighted by molar-refractivity contribution is -0.118. The topological polar surface area (TPSA) is 91.7 Å². The Labute approximate surface area is 165 Å². The van der Waals surface area contributed by atoms with Gasteiger partial charge in [-0.25, -0.2) is 4.79 Å². The summed E-state index contributed by atoms with van der Waals surface area (Å²) < 4.78 is 10.2. The maximum atomic E-state index is 12.2. The van der Waals surface area contributed by atoms with Crippen molar-refractivity contribution in [1.29, 1.82) is 5.26 Å². The maximum absolute atomic E-state index is 12.2. The van der Waals surface area contributed by atoms with Gasteiger partial charge in [-0.05, 0) is 36.2 Å². The minimum Gasteiger partial charge on any atom is -0.484 e. The number of fused-ring (bicyclic) bond motifs is 1. The van der Waals surface area contributed by atoms with E-state index < -0.39 is 6.09 Å². The van der Waals surface area contributed by atoms with Crippen molar-refractivity contribution in [1.82, 2.24) is 4.90 Å². The van der Waals surface area contributed by atoms with E-state index in [1.807, 2.05) is 0 Å². The molecule has 0 atom stereocenters. The van der Waals surface area contributed by atoms with Crippen LogP contribution < -0.4 is 10.1 Å². The summed E-state index contributed by atoms with van der Waals surface area (Å²) in [5.41, 5.74) is 1.32. The number of hydrogen-bond donors (Lipinski definition) is 1. The van der Waals surface area contributed by atoms with Gasteiger partial charge in [-0.3, -0.25) is 4.79 Å². The van der Waals surface area contributed by atoms with E-state index in [-0.39, 0.29) is 12.5 Å². The molecule has 0 saturated carbocycles. The predicted molar refractivity (Wildman–Crippen MR) is 101 cm³/mol. The summed E-state index contributed by atoms with van der Waals surface area (Å²) in [6.07, 6.45) is 0.135. The van der Waals surface area contributed by atoms with Crippen LogP contribution in [0.3, 0.4) is 0 Å². The molecule has 27 heavy (non-hydrogen) atoms. The van der Waals surface area contributed by atoms with E-state index in [2.05, 4.69) is 11.4 Å². The Kier molecular flexibility index (Phi) is 5.84. The number of anilines is 1. The minimum absolute atomic E-state index is 0.191. The molecule has 9 heteroatoms. The van der Waals surface area contributed by atoms with Crippen LogP contribution in [0.5, 0.6) is 5.75 Å². The summed E-state index contributed by atoms with van der Waals surface area (Å²) >= 11 is 7.10. The van der Waals surface area contributed by atoms with Crippen LogP contribution in [-0.4, -0.2) is 37.2 Å². The Bertz CT molecular complexity index is 905. The van der Waals surface area contributed by atoms with Crippen LogP contribution in [0.2, 0.25) is 5.02 Å². The molecule has 2 heterocycles. The highest BCUT2D eigenvalue weighted by Gasteiger charge is 2.27. The number of amides is 2. The summed E-state index contributed by atoms with van der Waals surface area (Å²) in [6.45, 7) is 0.639. The third kappa shape index (κ3) is 4.32. The quantitative estimate of drug-likeness (QED) is 0.841. The molecule has 140 valence electrons. The van der Waals surface area contributed by atoms with Gasteiger partial charge in [-0.15, -0.1) is 11.3 Å². The Balaban J connectivity index is 1.67. The van der Waals surface area contributed by atoms with Crippen LogP contribution in [0.1, 0.15) is 16.0 Å². The molecule has 1 N–H and O–H groups in total. The Hall–Kier alpha value is -2.76. The van der Waals surface area contributed by atoms with Gasteiger partial charge in [-0.2, -0.15) is 5.26 Å². The zero-order valence-electron chi connectivity index (χ0n) is 14.5. The van der Waals surface area contributed by atoms with Gasteiger partial charge < -0.3 is 19.7 Å². The SMILES string of the molecule is COC(=O)N1CCc2c(sc(NC(=O)COc3ccc(Cl)cc3)c2C#N)C1. The van der Waals surface area contributed by atoms with Gasteiger partial charge in [0.05, 0.1) is 19.2 Å². The molecule has 2 amide bonds. The van der Waals surface area contributed by atoms with Gasteiger partial charge in [-0.1, -0.05) is 11.6 Å². The van der Waals surface area contributed by atoms with E-state index in [0.29, 0.717) is 40.8 Å². The number of nitriles is 1. The molecule has 2 aromatic rings. The molecule has 1 aromatic carbocycles. The normalized spacial score (nSPS) is 12.7. The van der Waals surface area contributed by atoms with E-state index in [1.54, 1.807) is 29.2 Å². The number of nitrogens with one attached hydrogen (secondary N) is 1. The molecule has 0 aliphatic carbocycles. The molecule has 1 aliphatic heterocycles. The number of hydrogen-bond acceptors (Lipinski definition) is 6. The first-order valence-corrected chi connectivity index (χ1v) is 9.27. The maximum Gasteiger partial charge on any atom is 0.409 e. The molecule has 0 radical (unpaired) electrons. The third-order valence-corrected chi connectivity index (χ3v) is 5.42. The van der Waals surface area contributed by atoms with Crippen molar-refractivity contribution >= 4 is 39.9 Å². The average molecular weight is 406 g/mol. The molecule has 0 spiro atoms. The second-order valence-corrected chi connectivity index (χ2v) is 7.29. The monoisotopic (exact) mass is 405 g/mol. The van der Waals surface area contributed by atoms with Crippen molar-refractivity contribution in [3.05, 3.63) is 45.3 Å². The molecule has 7 nitrogen and oxygen atoms in total. The highest BCUT2D eigenvalue weighted by molar-refractivity contribution is 7.16. The molecular formula is C18H16ClN3O4S. The van der Waals surface area contributed by atoms with Crippen molar-refractivity contribution in [3.8, 4) is 11.8 Å². The van der Waals surface area contributed by atoms with Crippen LogP contribution in [0.15, 0.2) is 24.3 Å². The van der Waals surface area contributed by atoms with E-state index in [9.17, 15) is 14.9 Å². The number of carbonyl (C=O) groups excluding carboxylic acids is 2. The predicted octanol–water partition coefficient (Wildman–Crippen LogP) is 3.42. The Morgan fingerprint density at radius 1 is 1.37 bits per heavy atom. The molecule has 0 bridgehead atoms. The largest absolute Gasteiger partial charge is 0.484 e. The van der Waals surface area contributed by atoms with Crippen LogP contribution in [0, 0.1) is 11.3 Å². The standard InChI is InChI=1S/C18H16ClN3O4S/c1-25-18(24)22-7-6-13-14(8-20)17(27-15(13)9-22)21-16(23)10-26-12-4-2-11(19)3-5-12/h2-5H,6-7,9-10H2,1H3,(H,21,23). The lowest BCUT2D eigenvalue weighted by Crippen LogP contribution is -2.35. The van der Waals surface area contributed by atoms with Gasteiger partial charge in [0.15, 0.2) is 6.61 Å². The first kappa shape index (κ1) is 19.0. The van der Waals surface area contributed by atoms with Crippen molar-refractivity contribution in [2.24, 2.45) is 0 Å². The first-order valence-electron chi connectivity index (χ1n) is 8.07. The zero-order valence-corrected chi connectivity index (χ0v) is 16.0. The van der Waals surface area contributed by atoms with Crippen LogP contribution >= 0.6 is 22.9 Å². The molecular weight excluding hydrogens is 390 g/mol. The fourth-order valence-corrected chi connectivity index (χ4v) is 4.09. The van der Waals surface area contributed by atoms with Crippen LogP contribution in [-0.2, 0) is 22.5 Å². The number of ether oxygens (including phenoxy) is 2. The van der Waals surface area contributed by atoms with Crippen LogP contribution in [0.25, 0.3) is 0 Å². The summed E-state index contributed by atoms with van der Waals surface area (Å²) in [5, 5.41) is 13.3. The highest BCUT2D eigenvalue weighted by atomic mass is 35.5. The fourth-order valence-electron chi connectivity index (χ4n) is 2.74. The number of halogens is 1. The molecule has 0 saturated heterocycles. The Morgan fingerprint density at radius 3 is 2.78 bits per heavy atom. The van der Waals surface area contributed by atoms with Crippen molar-refractivity contribution in [2.75, 3.05) is 25.6 Å². The van der Waals surface area contributed by atoms with Crippen molar-refractivity contribution < 1.29 is 19.1 Å². The van der Waals surface area contributed by atoms with Gasteiger partial charge in [0.2, 0.25) is 0 Å². The zero-order chi connectivity index (χ0) is 19.4. The van der Waals surface area contributed by atoms with Gasteiger partial charge in [0.25, 0.3) is 5.91 Å². The van der Waals surface area contributed by atoms with E-state index in [0.717, 1.165) is 10.4 Å². The summed E-state index contributed by atoms with van der Waals surface area (Å²) in [5.74, 6) is 0.152. The third-order valence-electron chi connectivity index (χ3n) is 4.04. The van der Waals surface area contributed by atoms with Gasteiger partial charge in [0.1, 0.15) is 16.8 Å².